The lowest BCUT2D eigenvalue weighted by Gasteiger charge is -2.35. The molecular formula is C22H24ClFN4O. The molecule has 7 heteroatoms. The summed E-state index contributed by atoms with van der Waals surface area (Å²) >= 11 is 6.12. The number of nitrogens with zero attached hydrogens (tertiary/aromatic N) is 4. The Bertz CT molecular complexity index is 886. The molecule has 0 radical (unpaired) electrons. The summed E-state index contributed by atoms with van der Waals surface area (Å²) in [5.41, 5.74) is 2.13. The highest BCUT2D eigenvalue weighted by Crippen LogP contribution is 2.21. The van der Waals surface area contributed by atoms with Gasteiger partial charge in [-0.05, 0) is 36.9 Å². The number of carbonyl (C=O) groups is 1. The predicted molar refractivity (Wildman–Crippen MR) is 111 cm³/mol. The van der Waals surface area contributed by atoms with E-state index < -0.39 is 0 Å². The van der Waals surface area contributed by atoms with Gasteiger partial charge in [0.25, 0.3) is 0 Å². The SMILES string of the molecule is CN(CC(=O)N1CCN(Cc2c(F)cccc2Cl)CC1)Cc1cccc(C#N)c1. The highest BCUT2D eigenvalue weighted by atomic mass is 35.5. The molecule has 1 aliphatic rings. The summed E-state index contributed by atoms with van der Waals surface area (Å²) in [6.45, 7) is 3.96. The van der Waals surface area contributed by atoms with Crippen LogP contribution in [0.5, 0.6) is 0 Å². The zero-order valence-electron chi connectivity index (χ0n) is 16.4. The smallest absolute Gasteiger partial charge is 0.236 e. The lowest BCUT2D eigenvalue weighted by Crippen LogP contribution is -2.50. The van der Waals surface area contributed by atoms with Crippen molar-refractivity contribution in [1.82, 2.24) is 14.7 Å². The summed E-state index contributed by atoms with van der Waals surface area (Å²) in [6, 6.07) is 14.3. The van der Waals surface area contributed by atoms with E-state index in [4.69, 9.17) is 16.9 Å². The van der Waals surface area contributed by atoms with Crippen molar-refractivity contribution < 1.29 is 9.18 Å². The normalized spacial score (nSPS) is 14.8. The van der Waals surface area contributed by atoms with Gasteiger partial charge in [0.05, 0.1) is 18.2 Å². The number of halogens is 2. The zero-order chi connectivity index (χ0) is 20.8. The topological polar surface area (TPSA) is 50.6 Å². The van der Waals surface area contributed by atoms with E-state index >= 15 is 0 Å². The third-order valence-electron chi connectivity index (χ3n) is 5.08. The van der Waals surface area contributed by atoms with Crippen LogP contribution in [0.1, 0.15) is 16.7 Å². The summed E-state index contributed by atoms with van der Waals surface area (Å²) in [7, 11) is 1.90. The maximum absolute atomic E-state index is 14.0. The van der Waals surface area contributed by atoms with Crippen LogP contribution in [0.4, 0.5) is 4.39 Å². The Hall–Kier alpha value is -2.46. The van der Waals surface area contributed by atoms with Crippen molar-refractivity contribution >= 4 is 17.5 Å². The number of benzene rings is 2. The molecule has 1 aliphatic heterocycles. The van der Waals surface area contributed by atoms with Crippen LogP contribution in [0.15, 0.2) is 42.5 Å². The minimum absolute atomic E-state index is 0.0764. The van der Waals surface area contributed by atoms with E-state index in [0.717, 1.165) is 5.56 Å². The highest BCUT2D eigenvalue weighted by Gasteiger charge is 2.23. The molecule has 0 spiro atoms. The lowest BCUT2D eigenvalue weighted by atomic mass is 10.1. The molecule has 0 bridgehead atoms. The minimum atomic E-state index is -0.293. The summed E-state index contributed by atoms with van der Waals surface area (Å²) in [6.07, 6.45) is 0. The van der Waals surface area contributed by atoms with Crippen LogP contribution in [-0.2, 0) is 17.9 Å². The maximum Gasteiger partial charge on any atom is 0.236 e. The van der Waals surface area contributed by atoms with Crippen molar-refractivity contribution in [1.29, 1.82) is 5.26 Å². The van der Waals surface area contributed by atoms with Crippen LogP contribution < -0.4 is 0 Å². The van der Waals surface area contributed by atoms with E-state index in [0.29, 0.717) is 62.0 Å². The molecule has 0 aliphatic carbocycles. The van der Waals surface area contributed by atoms with E-state index in [1.165, 1.54) is 6.07 Å². The van der Waals surface area contributed by atoms with E-state index in [2.05, 4.69) is 11.0 Å². The zero-order valence-corrected chi connectivity index (χ0v) is 17.2. The summed E-state index contributed by atoms with van der Waals surface area (Å²) in [4.78, 5) is 18.5. The van der Waals surface area contributed by atoms with Gasteiger partial charge in [-0.25, -0.2) is 4.39 Å². The molecular weight excluding hydrogens is 391 g/mol. The molecule has 2 aromatic carbocycles. The van der Waals surface area contributed by atoms with Crippen molar-refractivity contribution in [3.63, 3.8) is 0 Å². The number of carbonyl (C=O) groups excluding carboxylic acids is 1. The maximum atomic E-state index is 14.0. The molecule has 0 N–H and O–H groups in total. The highest BCUT2D eigenvalue weighted by molar-refractivity contribution is 6.31. The molecule has 0 aromatic heterocycles. The predicted octanol–water partition coefficient (Wildman–Crippen LogP) is 3.13. The Labute approximate surface area is 175 Å². The Morgan fingerprint density at radius 1 is 1.21 bits per heavy atom. The van der Waals surface area contributed by atoms with Gasteiger partial charge >= 0.3 is 0 Å². The standard InChI is InChI=1S/C22H24ClFN4O/c1-26(14-18-5-2-4-17(12-18)13-25)16-22(29)28-10-8-27(9-11-28)15-19-20(23)6-3-7-21(19)24/h2-7,12H,8-11,14-16H2,1H3. The first-order chi connectivity index (χ1) is 14.0. The van der Waals surface area contributed by atoms with E-state index in [9.17, 15) is 9.18 Å². The van der Waals surface area contributed by atoms with Gasteiger partial charge in [0.1, 0.15) is 5.82 Å². The average Bonchev–Trinajstić information content (AvgIpc) is 2.71. The van der Waals surface area contributed by atoms with Gasteiger partial charge in [0, 0.05) is 49.9 Å². The number of rotatable bonds is 6. The van der Waals surface area contributed by atoms with Crippen LogP contribution >= 0.6 is 11.6 Å². The molecule has 1 saturated heterocycles. The minimum Gasteiger partial charge on any atom is -0.339 e. The van der Waals surface area contributed by atoms with Gasteiger partial charge in [-0.3, -0.25) is 14.6 Å². The molecule has 152 valence electrons. The van der Waals surface area contributed by atoms with Crippen LogP contribution in [0.3, 0.4) is 0 Å². The number of hydrogen-bond donors (Lipinski definition) is 0. The van der Waals surface area contributed by atoms with Crippen molar-refractivity contribution in [2.24, 2.45) is 0 Å². The summed E-state index contributed by atoms with van der Waals surface area (Å²) in [5.74, 6) is -0.217. The molecule has 0 atom stereocenters. The average molecular weight is 415 g/mol. The van der Waals surface area contributed by atoms with Crippen LogP contribution in [0, 0.1) is 17.1 Å². The molecule has 0 saturated carbocycles. The number of piperazine rings is 1. The summed E-state index contributed by atoms with van der Waals surface area (Å²) in [5, 5.41) is 9.44. The van der Waals surface area contributed by atoms with Gasteiger partial charge < -0.3 is 4.90 Å². The van der Waals surface area contributed by atoms with Gasteiger partial charge in [-0.15, -0.1) is 0 Å². The van der Waals surface area contributed by atoms with Crippen molar-refractivity contribution in [3.05, 3.63) is 70.0 Å². The first-order valence-corrected chi connectivity index (χ1v) is 9.94. The third-order valence-corrected chi connectivity index (χ3v) is 5.44. The fraction of sp³-hybridized carbons (Fsp3) is 0.364. The van der Waals surface area contributed by atoms with E-state index in [1.807, 2.05) is 35.0 Å². The second-order valence-electron chi connectivity index (χ2n) is 7.34. The lowest BCUT2D eigenvalue weighted by molar-refractivity contribution is -0.134. The number of nitriles is 1. The molecule has 1 fully saturated rings. The van der Waals surface area contributed by atoms with Crippen LogP contribution in [0.25, 0.3) is 0 Å². The molecule has 29 heavy (non-hydrogen) atoms. The van der Waals surface area contributed by atoms with Gasteiger partial charge in [0.2, 0.25) is 5.91 Å². The Morgan fingerprint density at radius 2 is 1.93 bits per heavy atom. The molecule has 1 heterocycles. The largest absolute Gasteiger partial charge is 0.339 e. The first-order valence-electron chi connectivity index (χ1n) is 9.57. The monoisotopic (exact) mass is 414 g/mol. The Balaban J connectivity index is 1.47. The van der Waals surface area contributed by atoms with Crippen molar-refractivity contribution in [2.45, 2.75) is 13.1 Å². The van der Waals surface area contributed by atoms with Gasteiger partial charge in [-0.2, -0.15) is 5.26 Å². The second-order valence-corrected chi connectivity index (χ2v) is 7.75. The molecule has 0 unspecified atom stereocenters. The van der Waals surface area contributed by atoms with E-state index in [-0.39, 0.29) is 11.7 Å². The fourth-order valence-electron chi connectivity index (χ4n) is 3.50. The number of hydrogen-bond acceptors (Lipinski definition) is 4. The quantitative estimate of drug-likeness (QED) is 0.728. The molecule has 5 nitrogen and oxygen atoms in total. The molecule has 1 amide bonds. The van der Waals surface area contributed by atoms with Gasteiger partial charge in [-0.1, -0.05) is 29.8 Å². The third kappa shape index (κ3) is 5.77. The summed E-state index contributed by atoms with van der Waals surface area (Å²) < 4.78 is 14.0. The van der Waals surface area contributed by atoms with E-state index in [1.54, 1.807) is 18.2 Å². The Kier molecular flexibility index (Phi) is 7.21. The van der Waals surface area contributed by atoms with Crippen LogP contribution in [-0.4, -0.2) is 60.4 Å². The van der Waals surface area contributed by atoms with Crippen LogP contribution in [0.2, 0.25) is 5.02 Å². The molecule has 2 aromatic rings. The Morgan fingerprint density at radius 3 is 2.62 bits per heavy atom. The van der Waals surface area contributed by atoms with Crippen molar-refractivity contribution in [2.75, 3.05) is 39.8 Å². The number of amides is 1. The fourth-order valence-corrected chi connectivity index (χ4v) is 3.72. The second kappa shape index (κ2) is 9.84. The van der Waals surface area contributed by atoms with Crippen molar-refractivity contribution in [3.8, 4) is 6.07 Å². The first kappa shape index (κ1) is 21.3. The van der Waals surface area contributed by atoms with Gasteiger partial charge in [0.15, 0.2) is 0 Å². The number of likely N-dealkylation sites (N-methyl/N-ethyl adjacent to an activating group) is 1. The molecule has 3 rings (SSSR count).